The van der Waals surface area contributed by atoms with Crippen LogP contribution in [0.3, 0.4) is 0 Å². The molecule has 1 aliphatic heterocycles. The molecule has 0 radical (unpaired) electrons. The first-order valence-corrected chi connectivity index (χ1v) is 6.93. The van der Waals surface area contributed by atoms with Crippen molar-refractivity contribution in [1.82, 2.24) is 15.6 Å². The highest BCUT2D eigenvalue weighted by Gasteiger charge is 2.29. The van der Waals surface area contributed by atoms with Crippen molar-refractivity contribution in [1.29, 1.82) is 0 Å². The highest BCUT2D eigenvalue weighted by atomic mass is 32.1. The standard InChI is InChI=1S/C12H17N3O2S/c1-3-9-6-14-12(18-9)7(2)15-11(17)8-4-10(16)13-5-8/h6-8H,3-5H2,1-2H3,(H,13,16)(H,15,17). The van der Waals surface area contributed by atoms with E-state index in [4.69, 9.17) is 0 Å². The topological polar surface area (TPSA) is 71.1 Å². The lowest BCUT2D eigenvalue weighted by Gasteiger charge is -2.14. The third kappa shape index (κ3) is 2.87. The van der Waals surface area contributed by atoms with Crippen LogP contribution in [0, 0.1) is 5.92 Å². The van der Waals surface area contributed by atoms with E-state index >= 15 is 0 Å². The van der Waals surface area contributed by atoms with Crippen LogP contribution in [0.15, 0.2) is 6.20 Å². The molecule has 0 aromatic carbocycles. The van der Waals surface area contributed by atoms with Crippen LogP contribution in [-0.2, 0) is 16.0 Å². The second-order valence-corrected chi connectivity index (χ2v) is 5.60. The fraction of sp³-hybridized carbons (Fsp3) is 0.583. The smallest absolute Gasteiger partial charge is 0.225 e. The highest BCUT2D eigenvalue weighted by Crippen LogP contribution is 2.21. The first kappa shape index (κ1) is 13.0. The first-order valence-electron chi connectivity index (χ1n) is 6.11. The highest BCUT2D eigenvalue weighted by molar-refractivity contribution is 7.11. The monoisotopic (exact) mass is 267 g/mol. The molecule has 1 fully saturated rings. The van der Waals surface area contributed by atoms with Gasteiger partial charge in [-0.1, -0.05) is 6.92 Å². The first-order chi connectivity index (χ1) is 8.60. The number of aryl methyl sites for hydroxylation is 1. The molecule has 6 heteroatoms. The molecule has 18 heavy (non-hydrogen) atoms. The summed E-state index contributed by atoms with van der Waals surface area (Å²) in [5.74, 6) is -0.370. The second kappa shape index (κ2) is 5.48. The Morgan fingerprint density at radius 2 is 2.50 bits per heavy atom. The van der Waals surface area contributed by atoms with Crippen LogP contribution in [0.4, 0.5) is 0 Å². The van der Waals surface area contributed by atoms with Gasteiger partial charge < -0.3 is 10.6 Å². The number of nitrogens with one attached hydrogen (secondary N) is 2. The van der Waals surface area contributed by atoms with Crippen LogP contribution in [-0.4, -0.2) is 23.3 Å². The average Bonchev–Trinajstić information content (AvgIpc) is 2.97. The molecule has 5 nitrogen and oxygen atoms in total. The van der Waals surface area contributed by atoms with Gasteiger partial charge in [0.15, 0.2) is 0 Å². The van der Waals surface area contributed by atoms with Gasteiger partial charge in [-0.15, -0.1) is 11.3 Å². The van der Waals surface area contributed by atoms with E-state index in [1.807, 2.05) is 13.1 Å². The van der Waals surface area contributed by atoms with Crippen molar-refractivity contribution >= 4 is 23.2 Å². The Hall–Kier alpha value is -1.43. The van der Waals surface area contributed by atoms with Gasteiger partial charge in [-0.2, -0.15) is 0 Å². The van der Waals surface area contributed by atoms with Crippen LogP contribution >= 0.6 is 11.3 Å². The largest absolute Gasteiger partial charge is 0.355 e. The SMILES string of the molecule is CCc1cnc(C(C)NC(=O)C2CNC(=O)C2)s1. The van der Waals surface area contributed by atoms with E-state index in [0.717, 1.165) is 11.4 Å². The van der Waals surface area contributed by atoms with E-state index in [-0.39, 0.29) is 30.2 Å². The Bertz CT molecular complexity index is 458. The van der Waals surface area contributed by atoms with Crippen LogP contribution < -0.4 is 10.6 Å². The molecule has 1 aromatic heterocycles. The van der Waals surface area contributed by atoms with E-state index in [2.05, 4.69) is 22.5 Å². The number of rotatable bonds is 4. The normalized spacial score (nSPS) is 20.6. The minimum absolute atomic E-state index is 0.0506. The van der Waals surface area contributed by atoms with E-state index in [1.165, 1.54) is 4.88 Å². The number of hydrogen-bond acceptors (Lipinski definition) is 4. The number of thiazole rings is 1. The molecule has 1 aliphatic rings. The molecule has 0 bridgehead atoms. The van der Waals surface area contributed by atoms with Crippen molar-refractivity contribution in [3.05, 3.63) is 16.1 Å². The Balaban J connectivity index is 1.92. The number of amides is 2. The summed E-state index contributed by atoms with van der Waals surface area (Å²) < 4.78 is 0. The molecular formula is C12H17N3O2S. The maximum Gasteiger partial charge on any atom is 0.225 e. The summed E-state index contributed by atoms with van der Waals surface area (Å²) in [5.41, 5.74) is 0. The van der Waals surface area contributed by atoms with E-state index < -0.39 is 0 Å². The molecule has 0 aliphatic carbocycles. The number of nitrogens with zero attached hydrogens (tertiary/aromatic N) is 1. The fourth-order valence-electron chi connectivity index (χ4n) is 1.87. The Morgan fingerprint density at radius 3 is 3.06 bits per heavy atom. The van der Waals surface area contributed by atoms with Crippen LogP contribution in [0.25, 0.3) is 0 Å². The zero-order chi connectivity index (χ0) is 13.1. The van der Waals surface area contributed by atoms with Gasteiger partial charge >= 0.3 is 0 Å². The molecule has 2 unspecified atom stereocenters. The molecule has 2 atom stereocenters. The predicted molar refractivity (Wildman–Crippen MR) is 69.2 cm³/mol. The second-order valence-electron chi connectivity index (χ2n) is 4.45. The van der Waals surface area contributed by atoms with E-state index in [1.54, 1.807) is 11.3 Å². The van der Waals surface area contributed by atoms with Crippen LogP contribution in [0.1, 0.15) is 36.2 Å². The number of hydrogen-bond donors (Lipinski definition) is 2. The van der Waals surface area contributed by atoms with Crippen molar-refractivity contribution in [2.24, 2.45) is 5.92 Å². The maximum absolute atomic E-state index is 11.9. The molecule has 0 spiro atoms. The zero-order valence-electron chi connectivity index (χ0n) is 10.5. The van der Waals surface area contributed by atoms with Gasteiger partial charge in [0.1, 0.15) is 5.01 Å². The molecule has 2 heterocycles. The van der Waals surface area contributed by atoms with Gasteiger partial charge in [-0.3, -0.25) is 9.59 Å². The van der Waals surface area contributed by atoms with E-state index in [0.29, 0.717) is 6.54 Å². The van der Waals surface area contributed by atoms with Gasteiger partial charge in [-0.05, 0) is 13.3 Å². The quantitative estimate of drug-likeness (QED) is 0.855. The third-order valence-electron chi connectivity index (χ3n) is 3.00. The number of carbonyl (C=O) groups is 2. The summed E-state index contributed by atoms with van der Waals surface area (Å²) in [6.07, 6.45) is 3.10. The molecule has 2 N–H and O–H groups in total. The summed E-state index contributed by atoms with van der Waals surface area (Å²) in [4.78, 5) is 28.5. The lowest BCUT2D eigenvalue weighted by atomic mass is 10.1. The van der Waals surface area contributed by atoms with Crippen LogP contribution in [0.2, 0.25) is 0 Å². The van der Waals surface area contributed by atoms with Gasteiger partial charge in [0.25, 0.3) is 0 Å². The maximum atomic E-state index is 11.9. The lowest BCUT2D eigenvalue weighted by molar-refractivity contribution is -0.127. The fourth-order valence-corrected chi connectivity index (χ4v) is 2.73. The minimum atomic E-state index is -0.245. The number of carbonyl (C=O) groups excluding carboxylic acids is 2. The van der Waals surface area contributed by atoms with Crippen molar-refractivity contribution in [3.63, 3.8) is 0 Å². The van der Waals surface area contributed by atoms with Gasteiger partial charge in [0, 0.05) is 24.0 Å². The molecule has 98 valence electrons. The van der Waals surface area contributed by atoms with Crippen molar-refractivity contribution in [3.8, 4) is 0 Å². The van der Waals surface area contributed by atoms with E-state index in [9.17, 15) is 9.59 Å². The number of aromatic nitrogens is 1. The van der Waals surface area contributed by atoms with Gasteiger partial charge in [-0.25, -0.2) is 4.98 Å². The summed E-state index contributed by atoms with van der Waals surface area (Å²) >= 11 is 1.62. The lowest BCUT2D eigenvalue weighted by Crippen LogP contribution is -2.33. The summed E-state index contributed by atoms with van der Waals surface area (Å²) in [5, 5.41) is 6.49. The van der Waals surface area contributed by atoms with Crippen LogP contribution in [0.5, 0.6) is 0 Å². The summed E-state index contributed by atoms with van der Waals surface area (Å²) in [6.45, 7) is 4.44. The Labute approximate surface area is 110 Å². The van der Waals surface area contributed by atoms with Gasteiger partial charge in [0.05, 0.1) is 12.0 Å². The Kier molecular flexibility index (Phi) is 3.96. The van der Waals surface area contributed by atoms with Crippen molar-refractivity contribution < 1.29 is 9.59 Å². The summed E-state index contributed by atoms with van der Waals surface area (Å²) in [7, 11) is 0. The third-order valence-corrected chi connectivity index (χ3v) is 4.32. The molecule has 1 aromatic rings. The minimum Gasteiger partial charge on any atom is -0.355 e. The van der Waals surface area contributed by atoms with Crippen molar-refractivity contribution in [2.45, 2.75) is 32.7 Å². The molecular weight excluding hydrogens is 250 g/mol. The molecule has 0 saturated carbocycles. The average molecular weight is 267 g/mol. The zero-order valence-corrected chi connectivity index (χ0v) is 11.3. The summed E-state index contributed by atoms with van der Waals surface area (Å²) in [6, 6.07) is -0.0986. The molecule has 1 saturated heterocycles. The Morgan fingerprint density at radius 1 is 1.72 bits per heavy atom. The molecule has 2 rings (SSSR count). The van der Waals surface area contributed by atoms with Gasteiger partial charge in [0.2, 0.25) is 11.8 Å². The predicted octanol–water partition coefficient (Wildman–Crippen LogP) is 1.02. The van der Waals surface area contributed by atoms with Crippen molar-refractivity contribution in [2.75, 3.05) is 6.54 Å². The molecule has 2 amide bonds.